The number of hydrogen-bond donors (Lipinski definition) is 2. The van der Waals surface area contributed by atoms with Crippen LogP contribution in [0.25, 0.3) is 0 Å². The van der Waals surface area contributed by atoms with Crippen molar-refractivity contribution >= 4 is 11.7 Å². The van der Waals surface area contributed by atoms with Crippen LogP contribution in [0.3, 0.4) is 0 Å². The Morgan fingerprint density at radius 3 is 2.50 bits per heavy atom. The zero-order valence-electron chi connectivity index (χ0n) is 14.4. The Hall–Kier alpha value is -1.56. The van der Waals surface area contributed by atoms with Crippen molar-refractivity contribution in [3.63, 3.8) is 0 Å². The number of aromatic nitrogens is 2. The number of hydrogen-bond acceptors (Lipinski definition) is 4. The Bertz CT molecular complexity index is 515. The summed E-state index contributed by atoms with van der Waals surface area (Å²) in [6.07, 6.45) is 4.08. The lowest BCUT2D eigenvalue weighted by molar-refractivity contribution is -0.125. The lowest BCUT2D eigenvalue weighted by Gasteiger charge is -2.28. The summed E-state index contributed by atoms with van der Waals surface area (Å²) in [5.74, 6) is 1.54. The van der Waals surface area contributed by atoms with Crippen LogP contribution in [0, 0.1) is 12.8 Å². The first kappa shape index (κ1) is 16.8. The van der Waals surface area contributed by atoms with E-state index >= 15 is 0 Å². The van der Waals surface area contributed by atoms with Crippen molar-refractivity contribution in [2.45, 2.75) is 45.2 Å². The van der Waals surface area contributed by atoms with E-state index < -0.39 is 0 Å². The first-order chi connectivity index (χ1) is 10.4. The molecule has 1 saturated carbocycles. The van der Waals surface area contributed by atoms with E-state index in [1.165, 1.54) is 5.56 Å². The predicted octanol–water partition coefficient (Wildman–Crippen LogP) is 1.19. The highest BCUT2D eigenvalue weighted by Gasteiger charge is 2.26. The molecule has 1 amide bonds. The average Bonchev–Trinajstić information content (AvgIpc) is 2.78. The standard InChI is InChI=1S/C16H29N5O/c1-11-14(16(20(3)4)21(5)19-11)10-18-13-8-6-12(7-9-13)15(22)17-2/h12-13,18H,6-10H2,1-5H3,(H,17,22). The highest BCUT2D eigenvalue weighted by molar-refractivity contribution is 5.78. The van der Waals surface area contributed by atoms with Crippen LogP contribution in [0.2, 0.25) is 0 Å². The minimum absolute atomic E-state index is 0.191. The summed E-state index contributed by atoms with van der Waals surface area (Å²) in [6.45, 7) is 2.90. The van der Waals surface area contributed by atoms with Crippen molar-refractivity contribution in [2.75, 3.05) is 26.0 Å². The summed E-state index contributed by atoms with van der Waals surface area (Å²) in [5, 5.41) is 10.9. The van der Waals surface area contributed by atoms with Crippen molar-refractivity contribution in [2.24, 2.45) is 13.0 Å². The van der Waals surface area contributed by atoms with Crippen LogP contribution < -0.4 is 15.5 Å². The summed E-state index contributed by atoms with van der Waals surface area (Å²) >= 11 is 0. The first-order valence-electron chi connectivity index (χ1n) is 8.08. The minimum atomic E-state index is 0.191. The molecule has 0 atom stereocenters. The van der Waals surface area contributed by atoms with Crippen molar-refractivity contribution in [3.8, 4) is 0 Å². The maximum absolute atomic E-state index is 11.7. The topological polar surface area (TPSA) is 62.2 Å². The molecule has 1 aromatic rings. The van der Waals surface area contributed by atoms with Crippen LogP contribution in [-0.4, -0.2) is 42.9 Å². The summed E-state index contributed by atoms with van der Waals surface area (Å²) in [7, 11) is 7.81. The quantitative estimate of drug-likeness (QED) is 0.858. The third-order valence-corrected chi connectivity index (χ3v) is 4.65. The van der Waals surface area contributed by atoms with Gasteiger partial charge in [0.05, 0.1) is 5.69 Å². The van der Waals surface area contributed by atoms with E-state index in [-0.39, 0.29) is 11.8 Å². The number of rotatable bonds is 5. The molecular weight excluding hydrogens is 278 g/mol. The van der Waals surface area contributed by atoms with Gasteiger partial charge in [-0.05, 0) is 32.6 Å². The third-order valence-electron chi connectivity index (χ3n) is 4.65. The Morgan fingerprint density at radius 2 is 1.95 bits per heavy atom. The lowest BCUT2D eigenvalue weighted by atomic mass is 9.85. The third kappa shape index (κ3) is 3.61. The molecular formula is C16H29N5O. The van der Waals surface area contributed by atoms with E-state index in [2.05, 4.69) is 41.7 Å². The Kier molecular flexibility index (Phi) is 5.45. The fraction of sp³-hybridized carbons (Fsp3) is 0.750. The summed E-state index contributed by atoms with van der Waals surface area (Å²) < 4.78 is 1.94. The Morgan fingerprint density at radius 1 is 1.32 bits per heavy atom. The SMILES string of the molecule is CNC(=O)C1CCC(NCc2c(C)nn(C)c2N(C)C)CC1. The fourth-order valence-corrected chi connectivity index (χ4v) is 3.47. The van der Waals surface area contributed by atoms with Crippen LogP contribution in [0.1, 0.15) is 36.9 Å². The van der Waals surface area contributed by atoms with Crippen LogP contribution in [0.5, 0.6) is 0 Å². The fourth-order valence-electron chi connectivity index (χ4n) is 3.47. The van der Waals surface area contributed by atoms with Crippen LogP contribution >= 0.6 is 0 Å². The number of nitrogens with one attached hydrogen (secondary N) is 2. The van der Waals surface area contributed by atoms with E-state index in [4.69, 9.17) is 0 Å². The normalized spacial score (nSPS) is 21.7. The van der Waals surface area contributed by atoms with Gasteiger partial charge in [-0.2, -0.15) is 5.10 Å². The van der Waals surface area contributed by atoms with Crippen molar-refractivity contribution < 1.29 is 4.79 Å². The molecule has 0 unspecified atom stereocenters. The van der Waals surface area contributed by atoms with E-state index in [0.29, 0.717) is 6.04 Å². The van der Waals surface area contributed by atoms with Gasteiger partial charge in [0.1, 0.15) is 5.82 Å². The minimum Gasteiger partial charge on any atom is -0.363 e. The van der Waals surface area contributed by atoms with E-state index in [1.54, 1.807) is 7.05 Å². The van der Waals surface area contributed by atoms with Gasteiger partial charge in [-0.15, -0.1) is 0 Å². The Balaban J connectivity index is 1.91. The second-order valence-corrected chi connectivity index (χ2v) is 6.45. The molecule has 1 heterocycles. The van der Waals surface area contributed by atoms with Crippen LogP contribution in [0.15, 0.2) is 0 Å². The second kappa shape index (κ2) is 7.13. The number of carbonyl (C=O) groups is 1. The molecule has 124 valence electrons. The van der Waals surface area contributed by atoms with Gasteiger partial charge < -0.3 is 15.5 Å². The second-order valence-electron chi connectivity index (χ2n) is 6.45. The number of nitrogens with zero attached hydrogens (tertiary/aromatic N) is 3. The van der Waals surface area contributed by atoms with E-state index in [9.17, 15) is 4.79 Å². The molecule has 0 saturated heterocycles. The highest BCUT2D eigenvalue weighted by atomic mass is 16.1. The molecule has 0 aliphatic heterocycles. The molecule has 0 spiro atoms. The van der Waals surface area contributed by atoms with E-state index in [0.717, 1.165) is 43.7 Å². The lowest BCUT2D eigenvalue weighted by Crippen LogP contribution is -2.37. The maximum atomic E-state index is 11.7. The molecule has 1 aromatic heterocycles. The molecule has 2 rings (SSSR count). The number of amides is 1. The van der Waals surface area contributed by atoms with Gasteiger partial charge in [0.15, 0.2) is 0 Å². The van der Waals surface area contributed by atoms with Crippen molar-refractivity contribution in [1.29, 1.82) is 0 Å². The van der Waals surface area contributed by atoms with Gasteiger partial charge in [-0.1, -0.05) is 0 Å². The summed E-state index contributed by atoms with van der Waals surface area (Å²) in [5.41, 5.74) is 2.35. The zero-order valence-corrected chi connectivity index (χ0v) is 14.4. The van der Waals surface area contributed by atoms with Gasteiger partial charge in [0.25, 0.3) is 0 Å². The maximum Gasteiger partial charge on any atom is 0.222 e. The number of carbonyl (C=O) groups excluding carboxylic acids is 1. The van der Waals surface area contributed by atoms with Gasteiger partial charge >= 0.3 is 0 Å². The molecule has 2 N–H and O–H groups in total. The monoisotopic (exact) mass is 307 g/mol. The smallest absolute Gasteiger partial charge is 0.222 e. The zero-order chi connectivity index (χ0) is 16.3. The van der Waals surface area contributed by atoms with Gasteiger partial charge in [-0.25, -0.2) is 0 Å². The van der Waals surface area contributed by atoms with Gasteiger partial charge in [-0.3, -0.25) is 9.48 Å². The van der Waals surface area contributed by atoms with Gasteiger partial charge in [0.2, 0.25) is 5.91 Å². The molecule has 1 aliphatic carbocycles. The first-order valence-corrected chi connectivity index (χ1v) is 8.08. The van der Waals surface area contributed by atoms with E-state index in [1.807, 2.05) is 11.7 Å². The average molecular weight is 307 g/mol. The number of aryl methyl sites for hydroxylation is 2. The molecule has 6 heteroatoms. The van der Waals surface area contributed by atoms with Gasteiger partial charge in [0, 0.05) is 52.3 Å². The summed E-state index contributed by atoms with van der Waals surface area (Å²) in [4.78, 5) is 13.8. The molecule has 22 heavy (non-hydrogen) atoms. The summed E-state index contributed by atoms with van der Waals surface area (Å²) in [6, 6.07) is 0.496. The molecule has 0 aromatic carbocycles. The Labute approximate surface area is 133 Å². The molecule has 6 nitrogen and oxygen atoms in total. The van der Waals surface area contributed by atoms with Crippen LogP contribution in [-0.2, 0) is 18.4 Å². The predicted molar refractivity (Wildman–Crippen MR) is 88.9 cm³/mol. The molecule has 1 fully saturated rings. The van der Waals surface area contributed by atoms with Crippen molar-refractivity contribution in [1.82, 2.24) is 20.4 Å². The van der Waals surface area contributed by atoms with Crippen LogP contribution in [0.4, 0.5) is 5.82 Å². The largest absolute Gasteiger partial charge is 0.363 e. The molecule has 1 aliphatic rings. The molecule has 0 bridgehead atoms. The highest BCUT2D eigenvalue weighted by Crippen LogP contribution is 2.26. The molecule has 0 radical (unpaired) electrons. The number of anilines is 1. The van der Waals surface area contributed by atoms with Crippen molar-refractivity contribution in [3.05, 3.63) is 11.3 Å².